The van der Waals surface area contributed by atoms with Crippen molar-refractivity contribution in [3.05, 3.63) is 125 Å². The molecule has 0 bridgehead atoms. The Balaban J connectivity index is 1.28. The number of esters is 1. The third-order valence-corrected chi connectivity index (χ3v) is 8.88. The first-order valence-electron chi connectivity index (χ1n) is 13.3. The van der Waals surface area contributed by atoms with Gasteiger partial charge in [0.1, 0.15) is 30.0 Å². The zero-order valence-corrected chi connectivity index (χ0v) is 24.2. The SMILES string of the molecule is O=C(Cn1cnnn1)NC1C(=O)N2C(C(=O)OC(c3ccccc3)c3ccccc3)=C(C=CSc3ccncc3)CS[C@H]12. The minimum absolute atomic E-state index is 0.130. The van der Waals surface area contributed by atoms with Crippen molar-refractivity contribution in [2.45, 2.75) is 29.0 Å². The highest BCUT2D eigenvalue weighted by Crippen LogP contribution is 2.42. The topological polar surface area (TPSA) is 132 Å². The number of ether oxygens (including phenoxy) is 1. The molecule has 0 saturated carbocycles. The monoisotopic (exact) mass is 611 g/mol. The van der Waals surface area contributed by atoms with E-state index in [9.17, 15) is 14.4 Å². The molecule has 11 nitrogen and oxygen atoms in total. The number of hydrogen-bond donors (Lipinski definition) is 1. The van der Waals surface area contributed by atoms with Gasteiger partial charge in [0, 0.05) is 23.0 Å². The average molecular weight is 612 g/mol. The molecule has 43 heavy (non-hydrogen) atoms. The molecule has 2 aliphatic heterocycles. The Hall–Kier alpha value is -4.75. The third kappa shape index (κ3) is 6.37. The highest BCUT2D eigenvalue weighted by atomic mass is 32.2. The van der Waals surface area contributed by atoms with Gasteiger partial charge in [-0.2, -0.15) is 0 Å². The van der Waals surface area contributed by atoms with Crippen molar-refractivity contribution in [2.75, 3.05) is 5.75 Å². The van der Waals surface area contributed by atoms with Crippen molar-refractivity contribution >= 4 is 41.3 Å². The number of allylic oxidation sites excluding steroid dienone is 1. The summed E-state index contributed by atoms with van der Waals surface area (Å²) >= 11 is 2.94. The second-order valence-electron chi connectivity index (χ2n) is 9.55. The summed E-state index contributed by atoms with van der Waals surface area (Å²) in [5.41, 5.74) is 2.43. The highest BCUT2D eigenvalue weighted by molar-refractivity contribution is 8.02. The Kier molecular flexibility index (Phi) is 8.61. The molecule has 0 aliphatic carbocycles. The number of amides is 2. The molecule has 1 saturated heterocycles. The molecule has 1 N–H and O–H groups in total. The van der Waals surface area contributed by atoms with Crippen molar-refractivity contribution < 1.29 is 19.1 Å². The van der Waals surface area contributed by atoms with Gasteiger partial charge in [-0.15, -0.1) is 16.9 Å². The number of rotatable bonds is 10. The quantitative estimate of drug-likeness (QED) is 0.162. The summed E-state index contributed by atoms with van der Waals surface area (Å²) < 4.78 is 7.45. The molecular formula is C30H25N7O4S2. The van der Waals surface area contributed by atoms with Crippen LogP contribution in [0.4, 0.5) is 0 Å². The van der Waals surface area contributed by atoms with Crippen LogP contribution in [-0.2, 0) is 25.7 Å². The Morgan fingerprint density at radius 2 is 1.74 bits per heavy atom. The molecule has 216 valence electrons. The predicted octanol–water partition coefficient (Wildman–Crippen LogP) is 3.36. The van der Waals surface area contributed by atoms with Gasteiger partial charge in [0.25, 0.3) is 5.91 Å². The van der Waals surface area contributed by atoms with Crippen molar-refractivity contribution in [1.82, 2.24) is 35.4 Å². The lowest BCUT2D eigenvalue weighted by Crippen LogP contribution is -2.70. The Morgan fingerprint density at radius 3 is 2.40 bits per heavy atom. The first-order valence-corrected chi connectivity index (χ1v) is 15.2. The maximum absolute atomic E-state index is 14.0. The molecular weight excluding hydrogens is 587 g/mol. The maximum atomic E-state index is 14.0. The normalized spacial score (nSPS) is 18.0. The fourth-order valence-corrected chi connectivity index (χ4v) is 6.72. The predicted molar refractivity (Wildman–Crippen MR) is 160 cm³/mol. The summed E-state index contributed by atoms with van der Waals surface area (Å²) in [6.45, 7) is -0.130. The molecule has 2 aromatic heterocycles. The van der Waals surface area contributed by atoms with Crippen molar-refractivity contribution in [3.63, 3.8) is 0 Å². The summed E-state index contributed by atoms with van der Waals surface area (Å²) in [6, 6.07) is 21.9. The van der Waals surface area contributed by atoms with Crippen LogP contribution >= 0.6 is 23.5 Å². The second-order valence-corrected chi connectivity index (χ2v) is 11.6. The van der Waals surface area contributed by atoms with Gasteiger partial charge in [0.05, 0.1) is 0 Å². The number of carbonyl (C=O) groups is 3. The molecule has 6 rings (SSSR count). The minimum Gasteiger partial charge on any atom is -0.448 e. The van der Waals surface area contributed by atoms with Gasteiger partial charge in [0.2, 0.25) is 5.91 Å². The average Bonchev–Trinajstić information content (AvgIpc) is 3.56. The van der Waals surface area contributed by atoms with Gasteiger partial charge in [-0.1, -0.05) is 72.4 Å². The molecule has 0 spiro atoms. The van der Waals surface area contributed by atoms with Crippen LogP contribution in [0.5, 0.6) is 0 Å². The Morgan fingerprint density at radius 1 is 1.05 bits per heavy atom. The number of β-lactam (4-membered cyclic amide) rings is 1. The van der Waals surface area contributed by atoms with E-state index >= 15 is 0 Å². The molecule has 1 unspecified atom stereocenters. The fourth-order valence-electron chi connectivity index (χ4n) is 4.74. The smallest absolute Gasteiger partial charge is 0.356 e. The lowest BCUT2D eigenvalue weighted by Gasteiger charge is -2.49. The highest BCUT2D eigenvalue weighted by Gasteiger charge is 2.54. The van der Waals surface area contributed by atoms with E-state index < -0.39 is 35.3 Å². The first kappa shape index (κ1) is 28.4. The van der Waals surface area contributed by atoms with E-state index in [0.29, 0.717) is 11.3 Å². The Bertz CT molecular complexity index is 1610. The molecule has 2 amide bonds. The molecule has 4 heterocycles. The number of benzene rings is 2. The maximum Gasteiger partial charge on any atom is 0.356 e. The van der Waals surface area contributed by atoms with Crippen LogP contribution in [0.1, 0.15) is 17.2 Å². The van der Waals surface area contributed by atoms with E-state index in [1.54, 1.807) is 12.4 Å². The number of thioether (sulfide) groups is 2. The molecule has 2 aliphatic rings. The van der Waals surface area contributed by atoms with E-state index in [1.807, 2.05) is 84.3 Å². The first-order chi connectivity index (χ1) is 21.1. The number of hydrogen-bond acceptors (Lipinski definition) is 10. The van der Waals surface area contributed by atoms with Crippen molar-refractivity contribution in [1.29, 1.82) is 0 Å². The third-order valence-electron chi connectivity index (χ3n) is 6.76. The van der Waals surface area contributed by atoms with E-state index in [0.717, 1.165) is 16.0 Å². The van der Waals surface area contributed by atoms with Crippen LogP contribution in [-0.4, -0.2) is 65.0 Å². The Labute approximate surface area is 255 Å². The van der Waals surface area contributed by atoms with Crippen LogP contribution < -0.4 is 5.32 Å². The van der Waals surface area contributed by atoms with Gasteiger partial charge >= 0.3 is 5.97 Å². The van der Waals surface area contributed by atoms with Crippen molar-refractivity contribution in [3.8, 4) is 0 Å². The number of nitrogens with zero attached hydrogens (tertiary/aromatic N) is 6. The molecule has 0 radical (unpaired) electrons. The number of tetrazole rings is 1. The summed E-state index contributed by atoms with van der Waals surface area (Å²) in [5, 5.41) is 14.9. The standard InChI is InChI=1S/C30H25N7O4S2/c38-24(17-36-19-32-34-35-36)33-25-28(39)37-26(22(18-43-29(25)37)13-16-42-23-11-14-31-15-12-23)30(40)41-27(20-7-3-1-4-8-20)21-9-5-2-6-10-21/h1-16,19,25,27,29H,17-18H2,(H,33,38)/t25?,29-/m1/s1. The lowest BCUT2D eigenvalue weighted by atomic mass is 10.0. The van der Waals surface area contributed by atoms with Crippen molar-refractivity contribution in [2.24, 2.45) is 0 Å². The molecule has 2 aromatic carbocycles. The number of pyridine rings is 1. The van der Waals surface area contributed by atoms with Gasteiger partial charge in [-0.3, -0.25) is 19.5 Å². The number of fused-ring (bicyclic) bond motifs is 1. The van der Waals surface area contributed by atoms with Crippen LogP contribution in [0.25, 0.3) is 0 Å². The van der Waals surface area contributed by atoms with Crippen LogP contribution in [0, 0.1) is 0 Å². The van der Waals surface area contributed by atoms with Gasteiger partial charge < -0.3 is 10.1 Å². The largest absolute Gasteiger partial charge is 0.448 e. The van der Waals surface area contributed by atoms with E-state index in [1.165, 1.54) is 39.4 Å². The fraction of sp³-hybridized carbons (Fsp3) is 0.167. The van der Waals surface area contributed by atoms with Gasteiger partial charge in [0.15, 0.2) is 6.10 Å². The zero-order chi connectivity index (χ0) is 29.6. The van der Waals surface area contributed by atoms with E-state index in [4.69, 9.17) is 4.74 Å². The molecule has 4 aromatic rings. The van der Waals surface area contributed by atoms with Gasteiger partial charge in [-0.05, 0) is 50.7 Å². The number of carbonyl (C=O) groups excluding carboxylic acids is 3. The molecule has 13 heteroatoms. The number of aromatic nitrogens is 5. The van der Waals surface area contributed by atoms with E-state index in [-0.39, 0.29) is 12.2 Å². The summed E-state index contributed by atoms with van der Waals surface area (Å²) in [6.07, 6.45) is 5.88. The summed E-state index contributed by atoms with van der Waals surface area (Å²) in [4.78, 5) is 46.6. The zero-order valence-electron chi connectivity index (χ0n) is 22.6. The summed E-state index contributed by atoms with van der Waals surface area (Å²) in [5.74, 6) is -0.986. The lowest BCUT2D eigenvalue weighted by molar-refractivity contribution is -0.154. The molecule has 2 atom stereocenters. The molecule has 1 fully saturated rings. The van der Waals surface area contributed by atoms with E-state index in [2.05, 4.69) is 25.8 Å². The van der Waals surface area contributed by atoms with Gasteiger partial charge in [-0.25, -0.2) is 9.48 Å². The van der Waals surface area contributed by atoms with Crippen LogP contribution in [0.2, 0.25) is 0 Å². The second kappa shape index (κ2) is 13.0. The minimum atomic E-state index is -0.799. The summed E-state index contributed by atoms with van der Waals surface area (Å²) in [7, 11) is 0. The number of nitrogens with one attached hydrogen (secondary N) is 1. The van der Waals surface area contributed by atoms with Crippen LogP contribution in [0.15, 0.2) is 119 Å². The van der Waals surface area contributed by atoms with Crippen LogP contribution in [0.3, 0.4) is 0 Å².